The fraction of sp³-hybridized carbons (Fsp3) is 0.900. The molecule has 1 amide bonds. The zero-order valence-corrected chi connectivity index (χ0v) is 9.82. The molecule has 1 aliphatic heterocycles. The zero-order chi connectivity index (χ0) is 10.4. The van der Waals surface area contributed by atoms with Crippen molar-refractivity contribution in [3.8, 4) is 0 Å². The molecule has 1 rings (SSSR count). The van der Waals surface area contributed by atoms with E-state index in [4.69, 9.17) is 0 Å². The van der Waals surface area contributed by atoms with Gasteiger partial charge in [-0.15, -0.1) is 0 Å². The van der Waals surface area contributed by atoms with Gasteiger partial charge in [0.2, 0.25) is 5.91 Å². The van der Waals surface area contributed by atoms with Gasteiger partial charge in [-0.05, 0) is 38.6 Å². The number of carbonyl (C=O) groups is 1. The molecule has 14 heavy (non-hydrogen) atoms. The van der Waals surface area contributed by atoms with Crippen molar-refractivity contribution >= 4 is 17.7 Å². The highest BCUT2D eigenvalue weighted by Crippen LogP contribution is 2.12. The molecule has 0 saturated carbocycles. The van der Waals surface area contributed by atoms with Crippen molar-refractivity contribution in [2.75, 3.05) is 24.6 Å². The standard InChI is InChI=1S/C10H20N2OS/c1-8(2)12-10(13)3-4-14-7-9-5-11-6-9/h8-9,11H,3-7H2,1-2H3,(H,12,13). The average Bonchev–Trinajstić information content (AvgIpc) is 1.99. The van der Waals surface area contributed by atoms with Crippen molar-refractivity contribution in [3.05, 3.63) is 0 Å². The summed E-state index contributed by atoms with van der Waals surface area (Å²) in [5.41, 5.74) is 0. The lowest BCUT2D eigenvalue weighted by Gasteiger charge is -2.26. The van der Waals surface area contributed by atoms with Crippen molar-refractivity contribution < 1.29 is 4.79 Å². The molecule has 0 aromatic carbocycles. The number of amides is 1. The van der Waals surface area contributed by atoms with Crippen LogP contribution in [0.2, 0.25) is 0 Å². The number of hydrogen-bond acceptors (Lipinski definition) is 3. The summed E-state index contributed by atoms with van der Waals surface area (Å²) in [7, 11) is 0. The van der Waals surface area contributed by atoms with Gasteiger partial charge >= 0.3 is 0 Å². The first-order chi connectivity index (χ1) is 6.68. The third kappa shape index (κ3) is 4.86. The van der Waals surface area contributed by atoms with Crippen LogP contribution in [0.15, 0.2) is 0 Å². The Morgan fingerprint density at radius 2 is 2.29 bits per heavy atom. The van der Waals surface area contributed by atoms with Crippen LogP contribution in [0.3, 0.4) is 0 Å². The maximum absolute atomic E-state index is 11.2. The minimum absolute atomic E-state index is 0.180. The molecule has 82 valence electrons. The van der Waals surface area contributed by atoms with Crippen molar-refractivity contribution in [1.29, 1.82) is 0 Å². The van der Waals surface area contributed by atoms with E-state index in [9.17, 15) is 4.79 Å². The average molecular weight is 216 g/mol. The molecule has 0 radical (unpaired) electrons. The second-order valence-corrected chi connectivity index (χ2v) is 5.22. The molecule has 1 aliphatic rings. The Morgan fingerprint density at radius 1 is 1.57 bits per heavy atom. The third-order valence-corrected chi connectivity index (χ3v) is 3.34. The summed E-state index contributed by atoms with van der Waals surface area (Å²) in [6, 6.07) is 0.267. The molecule has 4 heteroatoms. The van der Waals surface area contributed by atoms with Crippen LogP contribution >= 0.6 is 11.8 Å². The number of thioether (sulfide) groups is 1. The van der Waals surface area contributed by atoms with Gasteiger partial charge in [0.1, 0.15) is 0 Å². The summed E-state index contributed by atoms with van der Waals surface area (Å²) in [6.45, 7) is 6.30. The first-order valence-corrected chi connectivity index (χ1v) is 6.41. The monoisotopic (exact) mass is 216 g/mol. The molecule has 1 heterocycles. The van der Waals surface area contributed by atoms with E-state index in [0.29, 0.717) is 6.42 Å². The molecule has 0 bridgehead atoms. The van der Waals surface area contributed by atoms with Gasteiger partial charge in [0.15, 0.2) is 0 Å². The highest BCUT2D eigenvalue weighted by Gasteiger charge is 2.16. The summed E-state index contributed by atoms with van der Waals surface area (Å²) in [5.74, 6) is 3.17. The van der Waals surface area contributed by atoms with E-state index in [2.05, 4.69) is 10.6 Å². The summed E-state index contributed by atoms with van der Waals surface area (Å²) < 4.78 is 0. The minimum Gasteiger partial charge on any atom is -0.354 e. The van der Waals surface area contributed by atoms with E-state index in [1.807, 2.05) is 25.6 Å². The van der Waals surface area contributed by atoms with Crippen molar-refractivity contribution in [2.45, 2.75) is 26.3 Å². The predicted molar refractivity (Wildman–Crippen MR) is 61.6 cm³/mol. The van der Waals surface area contributed by atoms with Crippen LogP contribution in [-0.2, 0) is 4.79 Å². The molecule has 0 spiro atoms. The Balaban J connectivity index is 1.89. The fourth-order valence-corrected chi connectivity index (χ4v) is 2.34. The second-order valence-electron chi connectivity index (χ2n) is 4.07. The van der Waals surface area contributed by atoms with Crippen molar-refractivity contribution in [3.63, 3.8) is 0 Å². The van der Waals surface area contributed by atoms with E-state index in [0.717, 1.165) is 24.8 Å². The topological polar surface area (TPSA) is 41.1 Å². The van der Waals surface area contributed by atoms with Crippen LogP contribution in [0, 0.1) is 5.92 Å². The van der Waals surface area contributed by atoms with Crippen LogP contribution in [0.1, 0.15) is 20.3 Å². The lowest BCUT2D eigenvalue weighted by atomic mass is 10.1. The fourth-order valence-electron chi connectivity index (χ4n) is 1.28. The highest BCUT2D eigenvalue weighted by molar-refractivity contribution is 7.99. The Kier molecular flexibility index (Phi) is 5.33. The van der Waals surface area contributed by atoms with Gasteiger partial charge in [-0.1, -0.05) is 0 Å². The summed E-state index contributed by atoms with van der Waals surface area (Å²) in [6.07, 6.45) is 0.656. The molecule has 0 unspecified atom stereocenters. The molecule has 0 atom stereocenters. The van der Waals surface area contributed by atoms with E-state index in [-0.39, 0.29) is 11.9 Å². The van der Waals surface area contributed by atoms with Crippen molar-refractivity contribution in [1.82, 2.24) is 10.6 Å². The van der Waals surface area contributed by atoms with Gasteiger partial charge < -0.3 is 10.6 Å². The molecule has 0 aromatic heterocycles. The minimum atomic E-state index is 0.180. The highest BCUT2D eigenvalue weighted by atomic mass is 32.2. The normalized spacial score (nSPS) is 16.8. The lowest BCUT2D eigenvalue weighted by Crippen LogP contribution is -2.43. The largest absolute Gasteiger partial charge is 0.354 e. The summed E-state index contributed by atoms with van der Waals surface area (Å²) >= 11 is 1.89. The second kappa shape index (κ2) is 6.30. The van der Waals surface area contributed by atoms with Gasteiger partial charge in [0, 0.05) is 18.2 Å². The maximum atomic E-state index is 11.2. The van der Waals surface area contributed by atoms with E-state index in [1.54, 1.807) is 0 Å². The van der Waals surface area contributed by atoms with E-state index in [1.165, 1.54) is 5.75 Å². The number of carbonyl (C=O) groups excluding carboxylic acids is 1. The zero-order valence-electron chi connectivity index (χ0n) is 9.01. The first kappa shape index (κ1) is 11.9. The molecule has 1 fully saturated rings. The lowest BCUT2D eigenvalue weighted by molar-refractivity contribution is -0.121. The quantitative estimate of drug-likeness (QED) is 0.647. The molecular formula is C10H20N2OS. The summed E-state index contributed by atoms with van der Waals surface area (Å²) in [5, 5.41) is 6.14. The van der Waals surface area contributed by atoms with Gasteiger partial charge in [-0.25, -0.2) is 0 Å². The number of hydrogen-bond donors (Lipinski definition) is 2. The van der Waals surface area contributed by atoms with Crippen LogP contribution < -0.4 is 10.6 Å². The van der Waals surface area contributed by atoms with E-state index < -0.39 is 0 Å². The molecular weight excluding hydrogens is 196 g/mol. The van der Waals surface area contributed by atoms with Crippen LogP contribution in [0.4, 0.5) is 0 Å². The smallest absolute Gasteiger partial charge is 0.221 e. The molecule has 0 aromatic rings. The van der Waals surface area contributed by atoms with Crippen LogP contribution in [-0.4, -0.2) is 36.5 Å². The number of rotatable bonds is 6. The van der Waals surface area contributed by atoms with Gasteiger partial charge in [-0.2, -0.15) is 11.8 Å². The Labute approximate surface area is 90.4 Å². The van der Waals surface area contributed by atoms with Crippen LogP contribution in [0.25, 0.3) is 0 Å². The van der Waals surface area contributed by atoms with Crippen LogP contribution in [0.5, 0.6) is 0 Å². The molecule has 1 saturated heterocycles. The Morgan fingerprint density at radius 3 is 2.79 bits per heavy atom. The molecule has 0 aliphatic carbocycles. The van der Waals surface area contributed by atoms with Gasteiger partial charge in [0.25, 0.3) is 0 Å². The molecule has 3 nitrogen and oxygen atoms in total. The SMILES string of the molecule is CC(C)NC(=O)CCSCC1CNC1. The predicted octanol–water partition coefficient (Wildman–Crippen LogP) is 0.854. The Hall–Kier alpha value is -0.220. The van der Waals surface area contributed by atoms with Gasteiger partial charge in [-0.3, -0.25) is 4.79 Å². The first-order valence-electron chi connectivity index (χ1n) is 5.26. The van der Waals surface area contributed by atoms with Gasteiger partial charge in [0.05, 0.1) is 0 Å². The summed E-state index contributed by atoms with van der Waals surface area (Å²) in [4.78, 5) is 11.2. The Bertz CT molecular complexity index is 181. The van der Waals surface area contributed by atoms with Crippen molar-refractivity contribution in [2.24, 2.45) is 5.92 Å². The third-order valence-electron chi connectivity index (χ3n) is 2.14. The maximum Gasteiger partial charge on any atom is 0.221 e. The van der Waals surface area contributed by atoms with E-state index >= 15 is 0 Å². The number of nitrogens with one attached hydrogen (secondary N) is 2. The molecule has 2 N–H and O–H groups in total.